The van der Waals surface area contributed by atoms with Gasteiger partial charge in [-0.1, -0.05) is 0 Å². The number of hydrogen-bond acceptors (Lipinski definition) is 4. The van der Waals surface area contributed by atoms with E-state index in [1.165, 1.54) is 0 Å². The SMILES string of the molecule is CCOC(CON)OCC. The van der Waals surface area contributed by atoms with Gasteiger partial charge in [0, 0.05) is 13.2 Å². The van der Waals surface area contributed by atoms with Crippen molar-refractivity contribution in [3.8, 4) is 0 Å². The third-order valence-corrected chi connectivity index (χ3v) is 0.937. The van der Waals surface area contributed by atoms with Crippen LogP contribution in [-0.2, 0) is 14.3 Å². The van der Waals surface area contributed by atoms with E-state index in [0.29, 0.717) is 13.2 Å². The summed E-state index contributed by atoms with van der Waals surface area (Å²) in [5.74, 6) is 4.83. The molecule has 0 aliphatic carbocycles. The first-order valence-corrected chi connectivity index (χ1v) is 3.40. The van der Waals surface area contributed by atoms with E-state index in [-0.39, 0.29) is 12.9 Å². The van der Waals surface area contributed by atoms with E-state index < -0.39 is 0 Å². The summed E-state index contributed by atoms with van der Waals surface area (Å²) in [4.78, 5) is 4.36. The fourth-order valence-electron chi connectivity index (χ4n) is 0.595. The molecule has 0 saturated carbocycles. The van der Waals surface area contributed by atoms with Crippen LogP contribution in [0.2, 0.25) is 0 Å². The molecule has 0 aromatic carbocycles. The van der Waals surface area contributed by atoms with Gasteiger partial charge in [0.1, 0.15) is 6.61 Å². The molecule has 0 unspecified atom stereocenters. The van der Waals surface area contributed by atoms with Gasteiger partial charge >= 0.3 is 0 Å². The summed E-state index contributed by atoms with van der Waals surface area (Å²) in [6.45, 7) is 5.27. The Morgan fingerprint density at radius 2 is 1.70 bits per heavy atom. The Morgan fingerprint density at radius 3 is 2.00 bits per heavy atom. The number of hydrogen-bond donors (Lipinski definition) is 1. The smallest absolute Gasteiger partial charge is 0.182 e. The molecule has 0 rings (SSSR count). The van der Waals surface area contributed by atoms with Gasteiger partial charge in [0.25, 0.3) is 0 Å². The van der Waals surface area contributed by atoms with E-state index in [1.54, 1.807) is 0 Å². The molecule has 0 atom stereocenters. The Morgan fingerprint density at radius 1 is 1.20 bits per heavy atom. The van der Waals surface area contributed by atoms with Crippen LogP contribution < -0.4 is 5.90 Å². The predicted molar refractivity (Wildman–Crippen MR) is 37.2 cm³/mol. The quantitative estimate of drug-likeness (QED) is 0.435. The van der Waals surface area contributed by atoms with Crippen molar-refractivity contribution >= 4 is 0 Å². The van der Waals surface area contributed by atoms with E-state index in [9.17, 15) is 0 Å². The highest BCUT2D eigenvalue weighted by Crippen LogP contribution is 1.93. The largest absolute Gasteiger partial charge is 0.350 e. The standard InChI is InChI=1S/C6H15NO3/c1-3-8-6(5-10-7)9-4-2/h6H,3-5,7H2,1-2H3. The first kappa shape index (κ1) is 9.84. The molecule has 0 spiro atoms. The van der Waals surface area contributed by atoms with Crippen LogP contribution in [0, 0.1) is 0 Å². The summed E-state index contributed by atoms with van der Waals surface area (Å²) in [6, 6.07) is 0. The highest BCUT2D eigenvalue weighted by atomic mass is 16.7. The molecule has 0 fully saturated rings. The van der Waals surface area contributed by atoms with Crippen molar-refractivity contribution < 1.29 is 14.3 Å². The lowest BCUT2D eigenvalue weighted by Gasteiger charge is -2.14. The Hall–Kier alpha value is -0.160. The van der Waals surface area contributed by atoms with Gasteiger partial charge in [0.05, 0.1) is 0 Å². The van der Waals surface area contributed by atoms with Crippen LogP contribution >= 0.6 is 0 Å². The normalized spacial score (nSPS) is 10.8. The maximum Gasteiger partial charge on any atom is 0.182 e. The molecule has 10 heavy (non-hydrogen) atoms. The minimum Gasteiger partial charge on any atom is -0.350 e. The van der Waals surface area contributed by atoms with E-state index in [2.05, 4.69) is 4.84 Å². The van der Waals surface area contributed by atoms with Crippen LogP contribution in [0.15, 0.2) is 0 Å². The summed E-state index contributed by atoms with van der Waals surface area (Å²) >= 11 is 0. The second-order valence-electron chi connectivity index (χ2n) is 1.67. The van der Waals surface area contributed by atoms with E-state index in [0.717, 1.165) is 0 Å². The first-order valence-electron chi connectivity index (χ1n) is 3.40. The molecule has 62 valence electrons. The minimum absolute atomic E-state index is 0.279. The van der Waals surface area contributed by atoms with Gasteiger partial charge in [-0.2, -0.15) is 0 Å². The molecule has 0 aromatic rings. The van der Waals surface area contributed by atoms with Crippen molar-refractivity contribution in [3.63, 3.8) is 0 Å². The highest BCUT2D eigenvalue weighted by Gasteiger charge is 2.05. The van der Waals surface area contributed by atoms with Crippen LogP contribution in [0.4, 0.5) is 0 Å². The zero-order valence-corrected chi connectivity index (χ0v) is 6.50. The van der Waals surface area contributed by atoms with Gasteiger partial charge in [-0.05, 0) is 13.8 Å². The van der Waals surface area contributed by atoms with Crippen LogP contribution in [0.5, 0.6) is 0 Å². The average Bonchev–Trinajstić information content (AvgIpc) is 1.90. The van der Waals surface area contributed by atoms with Crippen molar-refractivity contribution in [2.24, 2.45) is 5.90 Å². The fourth-order valence-corrected chi connectivity index (χ4v) is 0.595. The van der Waals surface area contributed by atoms with Crippen molar-refractivity contribution in [2.45, 2.75) is 20.1 Å². The van der Waals surface area contributed by atoms with E-state index in [1.807, 2.05) is 13.8 Å². The van der Waals surface area contributed by atoms with Crippen molar-refractivity contribution in [2.75, 3.05) is 19.8 Å². The summed E-state index contributed by atoms with van der Waals surface area (Å²) in [7, 11) is 0. The zero-order valence-electron chi connectivity index (χ0n) is 6.50. The van der Waals surface area contributed by atoms with Gasteiger partial charge in [-0.25, -0.2) is 5.90 Å². The van der Waals surface area contributed by atoms with Gasteiger partial charge in [-0.15, -0.1) is 0 Å². The number of ether oxygens (including phenoxy) is 2. The van der Waals surface area contributed by atoms with Gasteiger partial charge in [0.15, 0.2) is 6.29 Å². The summed E-state index contributed by atoms with van der Waals surface area (Å²) in [5.41, 5.74) is 0. The molecule has 0 heterocycles. The lowest BCUT2D eigenvalue weighted by atomic mass is 10.6. The van der Waals surface area contributed by atoms with Gasteiger partial charge in [-0.3, -0.25) is 4.84 Å². The molecule has 0 amide bonds. The van der Waals surface area contributed by atoms with Crippen LogP contribution in [0.1, 0.15) is 13.8 Å². The van der Waals surface area contributed by atoms with Crippen LogP contribution in [-0.4, -0.2) is 26.1 Å². The second kappa shape index (κ2) is 6.95. The third kappa shape index (κ3) is 4.69. The Labute approximate surface area is 61.2 Å². The number of rotatable bonds is 6. The molecule has 0 aliphatic rings. The third-order valence-electron chi connectivity index (χ3n) is 0.937. The molecule has 0 aliphatic heterocycles. The highest BCUT2D eigenvalue weighted by molar-refractivity contribution is 4.37. The lowest BCUT2D eigenvalue weighted by molar-refractivity contribution is -0.168. The molecular weight excluding hydrogens is 134 g/mol. The van der Waals surface area contributed by atoms with Crippen LogP contribution in [0.25, 0.3) is 0 Å². The second-order valence-corrected chi connectivity index (χ2v) is 1.67. The molecule has 4 heteroatoms. The van der Waals surface area contributed by atoms with E-state index in [4.69, 9.17) is 15.4 Å². The summed E-state index contributed by atoms with van der Waals surface area (Å²) in [6.07, 6.45) is -0.319. The lowest BCUT2D eigenvalue weighted by Crippen LogP contribution is -2.25. The Bertz CT molecular complexity index is 55.7. The molecule has 0 saturated heterocycles. The maximum absolute atomic E-state index is 5.10. The molecule has 0 bridgehead atoms. The minimum atomic E-state index is -0.319. The van der Waals surface area contributed by atoms with Crippen molar-refractivity contribution in [1.29, 1.82) is 0 Å². The maximum atomic E-state index is 5.10. The zero-order chi connectivity index (χ0) is 7.82. The summed E-state index contributed by atoms with van der Waals surface area (Å²) in [5, 5.41) is 0. The summed E-state index contributed by atoms with van der Waals surface area (Å²) < 4.78 is 10.2. The molecule has 0 radical (unpaired) electrons. The Balaban J connectivity index is 3.30. The van der Waals surface area contributed by atoms with Gasteiger partial charge < -0.3 is 9.47 Å². The topological polar surface area (TPSA) is 53.7 Å². The molecule has 0 aromatic heterocycles. The van der Waals surface area contributed by atoms with Crippen LogP contribution in [0.3, 0.4) is 0 Å². The predicted octanol–water partition coefficient (Wildman–Crippen LogP) is 0.276. The first-order chi connectivity index (χ1) is 4.85. The Kier molecular flexibility index (Phi) is 6.84. The molecular formula is C6H15NO3. The van der Waals surface area contributed by atoms with Crippen molar-refractivity contribution in [3.05, 3.63) is 0 Å². The van der Waals surface area contributed by atoms with Crippen molar-refractivity contribution in [1.82, 2.24) is 0 Å². The molecule has 4 nitrogen and oxygen atoms in total. The fraction of sp³-hybridized carbons (Fsp3) is 1.00. The van der Waals surface area contributed by atoms with Gasteiger partial charge in [0.2, 0.25) is 0 Å². The number of nitrogens with two attached hydrogens (primary N) is 1. The van der Waals surface area contributed by atoms with E-state index >= 15 is 0 Å². The monoisotopic (exact) mass is 149 g/mol. The molecule has 2 N–H and O–H groups in total. The average molecular weight is 149 g/mol.